The normalized spacial score (nSPS) is 12.5. The molecule has 1 aliphatic rings. The molecule has 0 unspecified atom stereocenters. The molecule has 382 valence electrons. The van der Waals surface area contributed by atoms with E-state index in [2.05, 4.69) is 326 Å². The van der Waals surface area contributed by atoms with Gasteiger partial charge in [-0.1, -0.05) is 285 Å². The molecule has 0 amide bonds. The first-order valence-electron chi connectivity index (χ1n) is 28.5. The van der Waals surface area contributed by atoms with Crippen LogP contribution in [0.4, 0.5) is 0 Å². The van der Waals surface area contributed by atoms with Crippen LogP contribution in [-0.4, -0.2) is 12.6 Å². The maximum Gasteiger partial charge on any atom is 0.180 e. The minimum Gasteiger partial charge on any atom is -0.309 e. The summed E-state index contributed by atoms with van der Waals surface area (Å²) < 4.78 is 2.53. The highest BCUT2D eigenvalue weighted by molar-refractivity contribution is 7.22. The highest BCUT2D eigenvalue weighted by Crippen LogP contribution is 2.41. The van der Waals surface area contributed by atoms with Crippen LogP contribution >= 0.6 is 0 Å². The predicted octanol–water partition coefficient (Wildman–Crippen LogP) is 18.4. The molecule has 0 aliphatic carbocycles. The summed E-state index contributed by atoms with van der Waals surface area (Å²) in [4.78, 5) is 0. The maximum atomic E-state index is 2.56. The molecule has 0 N–H and O–H groups in total. The molecule has 82 heavy (non-hydrogen) atoms. The Morgan fingerprint density at radius 1 is 0.207 bits per heavy atom. The van der Waals surface area contributed by atoms with Gasteiger partial charge in [-0.15, -0.1) is 0 Å². The molecule has 15 aromatic rings. The van der Waals surface area contributed by atoms with Crippen LogP contribution in [0.15, 0.2) is 322 Å². The summed E-state index contributed by atoms with van der Waals surface area (Å²) in [6, 6.07) is 120. The maximum absolute atomic E-state index is 2.94. The molecule has 1 aromatic heterocycles. The molecule has 0 saturated carbocycles. The largest absolute Gasteiger partial charge is 0.309 e. The van der Waals surface area contributed by atoms with Gasteiger partial charge in [0.25, 0.3) is 0 Å². The number of hydrogen-bond donors (Lipinski definition) is 0. The van der Waals surface area contributed by atoms with Gasteiger partial charge in [-0.3, -0.25) is 0 Å². The van der Waals surface area contributed by atoms with Crippen LogP contribution < -0.4 is 20.7 Å². The fourth-order valence-electron chi connectivity index (χ4n) is 13.6. The Hall–Kier alpha value is -10.4. The van der Waals surface area contributed by atoms with E-state index in [1.165, 1.54) is 142 Å². The number of hydrogen-bond acceptors (Lipinski definition) is 0. The lowest BCUT2D eigenvalue weighted by atomic mass is 9.95. The summed E-state index contributed by atoms with van der Waals surface area (Å²) in [6.45, 7) is 0. The highest BCUT2D eigenvalue weighted by Gasteiger charge is 2.49. The number of benzene rings is 14. The quantitative estimate of drug-likeness (QED) is 0.127. The summed E-state index contributed by atoms with van der Waals surface area (Å²) in [5.41, 5.74) is 20.7. The molecule has 0 saturated heterocycles. The van der Waals surface area contributed by atoms with Gasteiger partial charge in [0.1, 0.15) is 0 Å². The molecule has 0 radical (unpaired) electrons. The van der Waals surface area contributed by atoms with Gasteiger partial charge in [-0.2, -0.15) is 0 Å². The van der Waals surface area contributed by atoms with Gasteiger partial charge in [-0.25, -0.2) is 0 Å². The summed E-state index contributed by atoms with van der Waals surface area (Å²) in [5.74, 6) is 0. The van der Waals surface area contributed by atoms with Gasteiger partial charge in [-0.05, 0) is 157 Å². The van der Waals surface area contributed by atoms with Gasteiger partial charge in [0, 0.05) is 16.5 Å². The fourth-order valence-corrected chi connectivity index (χ4v) is 18.8. The van der Waals surface area contributed by atoms with Crippen molar-refractivity contribution in [3.63, 3.8) is 0 Å². The zero-order chi connectivity index (χ0) is 54.1. The lowest BCUT2D eigenvalue weighted by Gasteiger charge is -2.32. The smallest absolute Gasteiger partial charge is 0.180 e. The standard InChI is InChI=1S/C80H53NSi/c1-4-16-54(17-5-1)55-30-32-58(33-31-55)65-42-46-73-74-47-45-66(53-80(74)82(79(73)52-65,67-22-6-2-7-23-67)68-24-8-3-9-25-68)81-77-48-43-63(56-34-38-61(39-35-56)71-28-14-20-59-18-10-12-26-69(59)71)50-75(77)76-51-64(44-49-78(76)81)57-36-40-62(41-37-57)72-29-15-21-60-19-11-13-27-70(60)72/h1-53H. The van der Waals surface area contributed by atoms with Crippen molar-refractivity contribution in [1.29, 1.82) is 0 Å². The Balaban J connectivity index is 0.867. The Morgan fingerprint density at radius 2 is 0.561 bits per heavy atom. The molecule has 2 heteroatoms. The molecule has 0 bridgehead atoms. The second-order valence-electron chi connectivity index (χ2n) is 21.9. The third-order valence-corrected chi connectivity index (χ3v) is 22.4. The molecular formula is C80H53NSi. The fraction of sp³-hybridized carbons (Fsp3) is 0. The monoisotopic (exact) mass is 1060 g/mol. The third-order valence-electron chi connectivity index (χ3n) is 17.5. The van der Waals surface area contributed by atoms with E-state index < -0.39 is 8.07 Å². The zero-order valence-electron chi connectivity index (χ0n) is 45.0. The average Bonchev–Trinajstić information content (AvgIpc) is 2.50. The van der Waals surface area contributed by atoms with Crippen molar-refractivity contribution >= 4 is 72.2 Å². The lowest BCUT2D eigenvalue weighted by Crippen LogP contribution is -2.72. The third kappa shape index (κ3) is 7.75. The van der Waals surface area contributed by atoms with Crippen LogP contribution in [0.1, 0.15) is 0 Å². The van der Waals surface area contributed by atoms with Crippen molar-refractivity contribution in [3.05, 3.63) is 322 Å². The van der Waals surface area contributed by atoms with Crippen molar-refractivity contribution in [3.8, 4) is 83.6 Å². The second-order valence-corrected chi connectivity index (χ2v) is 25.7. The first-order chi connectivity index (χ1) is 40.6. The first kappa shape index (κ1) is 47.6. The van der Waals surface area contributed by atoms with Crippen LogP contribution in [0, 0.1) is 0 Å². The van der Waals surface area contributed by atoms with Gasteiger partial charge in [0.2, 0.25) is 0 Å². The van der Waals surface area contributed by atoms with Crippen LogP contribution in [0.5, 0.6) is 0 Å². The Morgan fingerprint density at radius 3 is 1.06 bits per heavy atom. The van der Waals surface area contributed by atoms with Crippen molar-refractivity contribution in [2.75, 3.05) is 0 Å². The molecule has 14 aromatic carbocycles. The van der Waals surface area contributed by atoms with Crippen LogP contribution in [0.25, 0.3) is 127 Å². The second kappa shape index (κ2) is 19.5. The van der Waals surface area contributed by atoms with E-state index in [0.717, 1.165) is 5.69 Å². The molecule has 0 spiro atoms. The number of rotatable bonds is 9. The topological polar surface area (TPSA) is 4.93 Å². The predicted molar refractivity (Wildman–Crippen MR) is 351 cm³/mol. The molecule has 16 rings (SSSR count). The van der Waals surface area contributed by atoms with Gasteiger partial charge < -0.3 is 4.57 Å². The van der Waals surface area contributed by atoms with Crippen molar-refractivity contribution < 1.29 is 0 Å². The van der Waals surface area contributed by atoms with E-state index >= 15 is 0 Å². The van der Waals surface area contributed by atoms with E-state index in [0.29, 0.717) is 0 Å². The SMILES string of the molecule is c1ccc(-c2ccc(-c3ccc4c(c3)[Si](c3ccccc3)(c3ccccc3)c3cc(-n5c6ccc(-c7ccc(-c8cccc9ccccc89)cc7)cc6c6cc(-c7ccc(-c8cccc9ccccc89)cc7)ccc65)ccc3-4)cc2)cc1. The zero-order valence-corrected chi connectivity index (χ0v) is 46.0. The van der Waals surface area contributed by atoms with E-state index in [-0.39, 0.29) is 0 Å². The molecule has 1 nitrogen and oxygen atoms in total. The van der Waals surface area contributed by atoms with Crippen LogP contribution in [-0.2, 0) is 0 Å². The van der Waals surface area contributed by atoms with Crippen molar-refractivity contribution in [1.82, 2.24) is 4.57 Å². The Labute approximate surface area is 479 Å². The lowest BCUT2D eigenvalue weighted by molar-refractivity contribution is 1.18. The molecule has 0 fully saturated rings. The summed E-state index contributed by atoms with van der Waals surface area (Å²) in [6.07, 6.45) is 0. The minimum atomic E-state index is -2.94. The molecule has 1 aliphatic heterocycles. The minimum absolute atomic E-state index is 1.16. The number of fused-ring (bicyclic) bond motifs is 8. The van der Waals surface area contributed by atoms with Crippen LogP contribution in [0.2, 0.25) is 0 Å². The average molecular weight is 1060 g/mol. The van der Waals surface area contributed by atoms with Crippen molar-refractivity contribution in [2.24, 2.45) is 0 Å². The van der Waals surface area contributed by atoms with Crippen molar-refractivity contribution in [2.45, 2.75) is 0 Å². The first-order valence-corrected chi connectivity index (χ1v) is 30.5. The molecule has 0 atom stereocenters. The summed E-state index contributed by atoms with van der Waals surface area (Å²) in [7, 11) is -2.94. The van der Waals surface area contributed by atoms with Gasteiger partial charge in [0.15, 0.2) is 8.07 Å². The highest BCUT2D eigenvalue weighted by atomic mass is 28.3. The van der Waals surface area contributed by atoms with Crippen LogP contribution in [0.3, 0.4) is 0 Å². The molecular weight excluding hydrogens is 1000 g/mol. The van der Waals surface area contributed by atoms with E-state index in [9.17, 15) is 0 Å². The summed E-state index contributed by atoms with van der Waals surface area (Å²) >= 11 is 0. The van der Waals surface area contributed by atoms with E-state index in [4.69, 9.17) is 0 Å². The number of nitrogens with zero attached hydrogens (tertiary/aromatic N) is 1. The van der Waals surface area contributed by atoms with E-state index in [1.807, 2.05) is 0 Å². The summed E-state index contributed by atoms with van der Waals surface area (Å²) in [5, 5.41) is 13.1. The van der Waals surface area contributed by atoms with Gasteiger partial charge in [0.05, 0.1) is 11.0 Å². The number of aromatic nitrogens is 1. The van der Waals surface area contributed by atoms with Gasteiger partial charge >= 0.3 is 0 Å². The Bertz CT molecular complexity index is 4690. The molecule has 2 heterocycles. The Kier molecular flexibility index (Phi) is 11.3. The van der Waals surface area contributed by atoms with E-state index in [1.54, 1.807) is 0 Å².